The van der Waals surface area contributed by atoms with Gasteiger partial charge in [-0.1, -0.05) is 12.1 Å². The summed E-state index contributed by atoms with van der Waals surface area (Å²) in [5.74, 6) is -32.0. The third-order valence-corrected chi connectivity index (χ3v) is 9.63. The van der Waals surface area contributed by atoms with E-state index in [4.69, 9.17) is 0 Å². The molecule has 7 aromatic rings. The van der Waals surface area contributed by atoms with Crippen LogP contribution in [0.25, 0.3) is 89.7 Å². The van der Waals surface area contributed by atoms with E-state index in [1.165, 1.54) is 0 Å². The monoisotopic (exact) mass is 874 g/mol. The number of aromatic nitrogens is 8. The van der Waals surface area contributed by atoms with Crippen molar-refractivity contribution in [3.8, 4) is 45.6 Å². The summed E-state index contributed by atoms with van der Waals surface area (Å²) in [5, 5.41) is -5.16. The van der Waals surface area contributed by atoms with Gasteiger partial charge in [-0.25, -0.2) is 82.6 Å². The molecule has 0 fully saturated rings. The Balaban J connectivity index is 0.00000455. The molecule has 0 unspecified atom stereocenters. The van der Waals surface area contributed by atoms with E-state index >= 15 is 26.3 Å². The molecule has 2 aliphatic rings. The van der Waals surface area contributed by atoms with Crippen LogP contribution in [0.5, 0.6) is 0 Å². The summed E-state index contributed by atoms with van der Waals surface area (Å²) in [6.07, 6.45) is 0. The molecule has 0 saturated heterocycles. The molecule has 0 saturated carbocycles. The first-order valence-electron chi connectivity index (χ1n) is 14.9. The number of rotatable bonds is 1. The first-order valence-corrected chi connectivity index (χ1v) is 16.4. The van der Waals surface area contributed by atoms with Crippen LogP contribution in [0.1, 0.15) is 0 Å². The number of nitrogens with zero attached hydrogens (tertiary/aromatic N) is 6. The third kappa shape index (κ3) is 5.10. The molecule has 4 aromatic carbocycles. The molecule has 9 rings (SSSR count). The Hall–Kier alpha value is -6.07. The smallest absolute Gasteiger partial charge is 0.295 e. The molecular formula is C32H6F12N8O3SZn. The van der Waals surface area contributed by atoms with Crippen LogP contribution in [0.2, 0.25) is 0 Å². The fraction of sp³-hybridized carbons (Fsp3) is 0. The Kier molecular flexibility index (Phi) is 8.28. The number of hydrogen-bond acceptors (Lipinski definition) is 8. The standard InChI is InChI=1S/C32H6F12N8O3S.Zn/c33-13-7-8(14(34)20(40)19(13)39)29-48-27(7)46-25-4-2-1-3-5(56(53,54)55)6(4)26(45-25)47-28-9-10(16(36)22(42)21(41)15(9)35)30(49-28)51-32-12-11(31(50-29)52-32)17(37)23(43)24(44)18(12)38;/h1-3H,(H,53,54,55)(H2,45,46,47,48,49,50,51,52);. The van der Waals surface area contributed by atoms with Gasteiger partial charge in [-0.15, -0.1) is 0 Å². The van der Waals surface area contributed by atoms with Crippen LogP contribution < -0.4 is 0 Å². The second kappa shape index (κ2) is 12.5. The van der Waals surface area contributed by atoms with Gasteiger partial charge in [0.15, 0.2) is 93.1 Å². The summed E-state index contributed by atoms with van der Waals surface area (Å²) >= 11 is 0. The van der Waals surface area contributed by atoms with Crippen molar-refractivity contribution in [2.75, 3.05) is 0 Å². The first kappa shape index (κ1) is 37.8. The Bertz CT molecular complexity index is 3350. The molecule has 25 heteroatoms. The van der Waals surface area contributed by atoms with E-state index in [9.17, 15) is 39.3 Å². The van der Waals surface area contributed by atoms with Crippen molar-refractivity contribution in [3.63, 3.8) is 0 Å². The van der Waals surface area contributed by atoms with E-state index in [1.807, 2.05) is 0 Å². The molecule has 0 spiro atoms. The molecular weight excluding hydrogens is 870 g/mol. The van der Waals surface area contributed by atoms with Gasteiger partial charge in [0.05, 0.1) is 38.2 Å². The maximum atomic E-state index is 15.5. The van der Waals surface area contributed by atoms with Crippen molar-refractivity contribution in [1.82, 2.24) is 39.9 Å². The average Bonchev–Trinajstić information content (AvgIpc) is 3.90. The summed E-state index contributed by atoms with van der Waals surface area (Å²) in [6, 6.07) is 2.86. The summed E-state index contributed by atoms with van der Waals surface area (Å²) in [7, 11) is -5.25. The predicted molar refractivity (Wildman–Crippen MR) is 165 cm³/mol. The van der Waals surface area contributed by atoms with E-state index in [0.29, 0.717) is 0 Å². The van der Waals surface area contributed by atoms with Crippen LogP contribution in [0.4, 0.5) is 52.7 Å². The van der Waals surface area contributed by atoms with Crippen molar-refractivity contribution in [2.24, 2.45) is 0 Å². The van der Waals surface area contributed by atoms with Crippen molar-refractivity contribution < 1.29 is 85.1 Å². The normalized spacial score (nSPS) is 12.3. The summed E-state index contributed by atoms with van der Waals surface area (Å²) in [4.78, 5) is 26.3. The molecule has 0 radical (unpaired) electrons. The summed E-state index contributed by atoms with van der Waals surface area (Å²) in [5.41, 5.74) is -8.29. The van der Waals surface area contributed by atoms with Crippen LogP contribution in [-0.4, -0.2) is 52.8 Å². The summed E-state index contributed by atoms with van der Waals surface area (Å²) < 4.78 is 216. The van der Waals surface area contributed by atoms with Gasteiger partial charge in [-0.05, 0) is 6.07 Å². The number of fused-ring (bicyclic) bond motifs is 20. The maximum absolute atomic E-state index is 15.5. The molecule has 11 nitrogen and oxygen atoms in total. The van der Waals surface area contributed by atoms with Gasteiger partial charge in [-0.2, -0.15) is 8.42 Å². The molecule has 5 heterocycles. The number of hydrogen-bond donors (Lipinski definition) is 3. The van der Waals surface area contributed by atoms with Gasteiger partial charge >= 0.3 is 0 Å². The van der Waals surface area contributed by atoms with Crippen molar-refractivity contribution >= 4 is 54.3 Å². The van der Waals surface area contributed by atoms with Crippen molar-refractivity contribution in [3.05, 3.63) is 88.0 Å². The van der Waals surface area contributed by atoms with Gasteiger partial charge < -0.3 is 9.97 Å². The second-order valence-corrected chi connectivity index (χ2v) is 13.2. The number of H-pyrrole nitrogens is 2. The van der Waals surface area contributed by atoms with Gasteiger partial charge in [0, 0.05) is 25.0 Å². The van der Waals surface area contributed by atoms with E-state index < -0.39 is 175 Å². The maximum Gasteiger partial charge on any atom is 0.295 e. The Morgan fingerprint density at radius 2 is 0.737 bits per heavy atom. The predicted octanol–water partition coefficient (Wildman–Crippen LogP) is 7.78. The van der Waals surface area contributed by atoms with Crippen LogP contribution in [0, 0.1) is 69.8 Å². The van der Waals surface area contributed by atoms with Crippen molar-refractivity contribution in [2.45, 2.75) is 4.90 Å². The minimum absolute atomic E-state index is 0. The van der Waals surface area contributed by atoms with Crippen LogP contribution in [-0.2, 0) is 29.6 Å². The largest absolute Gasteiger partial charge is 0.324 e. The van der Waals surface area contributed by atoms with E-state index in [0.717, 1.165) is 18.2 Å². The van der Waals surface area contributed by atoms with Gasteiger partial charge in [0.25, 0.3) is 10.1 Å². The molecule has 8 bridgehead atoms. The SMILES string of the molecule is O=S(=O)(O)c1cccc2c1-c1nc-2nc2[nH]c(nc3nc(nc4[nH]c(n1)c1c(F)c(F)c(F)c(F)c41)-c1c(F)c(F)c(F)c(F)c1-3)c1c(F)c(F)c(F)c(F)c21.[Zn]. The quantitative estimate of drug-likeness (QED) is 0.0492. The minimum Gasteiger partial charge on any atom is -0.324 e. The molecule has 3 aromatic heterocycles. The molecule has 3 N–H and O–H groups in total. The van der Waals surface area contributed by atoms with Gasteiger partial charge in [-0.3, -0.25) is 4.55 Å². The first-order chi connectivity index (χ1) is 26.4. The van der Waals surface area contributed by atoms with Crippen LogP contribution in [0.15, 0.2) is 23.1 Å². The molecule has 2 aliphatic heterocycles. The zero-order valence-electron chi connectivity index (χ0n) is 26.8. The molecule has 284 valence electrons. The fourth-order valence-corrected chi connectivity index (χ4v) is 7.07. The van der Waals surface area contributed by atoms with E-state index in [1.54, 1.807) is 0 Å². The fourth-order valence-electron chi connectivity index (χ4n) is 6.36. The number of benzene rings is 4. The molecule has 0 aliphatic carbocycles. The zero-order valence-corrected chi connectivity index (χ0v) is 30.6. The van der Waals surface area contributed by atoms with Crippen LogP contribution >= 0.6 is 0 Å². The third-order valence-electron chi connectivity index (χ3n) is 8.73. The Labute approximate surface area is 317 Å². The average molecular weight is 876 g/mol. The minimum atomic E-state index is -5.25. The van der Waals surface area contributed by atoms with E-state index in [-0.39, 0.29) is 19.5 Å². The van der Waals surface area contributed by atoms with Gasteiger partial charge in [0.1, 0.15) is 27.5 Å². The zero-order chi connectivity index (χ0) is 40.0. The molecule has 57 heavy (non-hydrogen) atoms. The van der Waals surface area contributed by atoms with Crippen LogP contribution in [0.3, 0.4) is 0 Å². The summed E-state index contributed by atoms with van der Waals surface area (Å²) in [6.45, 7) is 0. The molecule has 0 atom stereocenters. The van der Waals surface area contributed by atoms with Crippen molar-refractivity contribution in [1.29, 1.82) is 0 Å². The Morgan fingerprint density at radius 3 is 1.11 bits per heavy atom. The Morgan fingerprint density at radius 1 is 0.421 bits per heavy atom. The van der Waals surface area contributed by atoms with Gasteiger partial charge in [0.2, 0.25) is 0 Å². The topological polar surface area (TPSA) is 163 Å². The molecule has 0 amide bonds. The number of aromatic amines is 2. The number of nitrogens with one attached hydrogen (secondary N) is 2. The second-order valence-electron chi connectivity index (χ2n) is 11.8. The van der Waals surface area contributed by atoms with E-state index in [2.05, 4.69) is 39.9 Å². The number of halogens is 12.